The first-order valence-electron chi connectivity index (χ1n) is 7.72. The number of carbonyl (C=O) groups excluding carboxylic acids is 1. The van der Waals surface area contributed by atoms with Crippen LogP contribution in [0.15, 0.2) is 52.5 Å². The Labute approximate surface area is 164 Å². The number of benzene rings is 2. The van der Waals surface area contributed by atoms with Crippen LogP contribution in [0, 0.1) is 17.0 Å². The predicted octanol–water partition coefficient (Wildman–Crippen LogP) is 3.84. The average Bonchev–Trinajstić information content (AvgIpc) is 2.89. The van der Waals surface area contributed by atoms with Crippen LogP contribution in [-0.4, -0.2) is 31.5 Å². The number of amides is 1. The van der Waals surface area contributed by atoms with E-state index in [1.54, 1.807) is 6.08 Å². The van der Waals surface area contributed by atoms with Gasteiger partial charge in [-0.25, -0.2) is 0 Å². The third kappa shape index (κ3) is 4.04. The van der Waals surface area contributed by atoms with Crippen molar-refractivity contribution in [2.45, 2.75) is 6.92 Å². The van der Waals surface area contributed by atoms with Gasteiger partial charge >= 0.3 is 0 Å². The minimum atomic E-state index is -0.582. The number of nitro benzene ring substituents is 1. The van der Waals surface area contributed by atoms with Gasteiger partial charge in [-0.15, -0.1) is 0 Å². The largest absolute Gasteiger partial charge is 0.507 e. The van der Waals surface area contributed by atoms with Gasteiger partial charge in [0.2, 0.25) is 0 Å². The van der Waals surface area contributed by atoms with Gasteiger partial charge in [-0.05, 0) is 42.4 Å². The van der Waals surface area contributed by atoms with Crippen LogP contribution >= 0.6 is 24.0 Å². The summed E-state index contributed by atoms with van der Waals surface area (Å²) in [6.07, 6.45) is 2.92. The zero-order valence-corrected chi connectivity index (χ0v) is 15.7. The molecule has 0 saturated carbocycles. The number of phenolic OH excluding ortho intramolecular Hbond substituents is 1. The molecule has 136 valence electrons. The van der Waals surface area contributed by atoms with Gasteiger partial charge in [0.25, 0.3) is 11.6 Å². The number of thiocarbonyl (C=S) groups is 1. The third-order valence-electron chi connectivity index (χ3n) is 3.78. The maximum absolute atomic E-state index is 12.6. The van der Waals surface area contributed by atoms with Crippen molar-refractivity contribution in [3.8, 4) is 5.75 Å². The topological polar surface area (TPSA) is 96.0 Å². The number of carbonyl (C=O) groups is 1. The Morgan fingerprint density at radius 3 is 2.70 bits per heavy atom. The smallest absolute Gasteiger partial charge is 0.286 e. The lowest BCUT2D eigenvalue weighted by atomic mass is 10.1. The van der Waals surface area contributed by atoms with Gasteiger partial charge in [0, 0.05) is 17.7 Å². The molecule has 0 radical (unpaired) electrons. The van der Waals surface area contributed by atoms with E-state index in [9.17, 15) is 20.0 Å². The summed E-state index contributed by atoms with van der Waals surface area (Å²) in [6, 6.07) is 11.2. The van der Waals surface area contributed by atoms with E-state index in [-0.39, 0.29) is 21.3 Å². The monoisotopic (exact) mass is 399 g/mol. The van der Waals surface area contributed by atoms with E-state index in [4.69, 9.17) is 12.2 Å². The molecule has 2 aromatic rings. The number of rotatable bonds is 4. The summed E-state index contributed by atoms with van der Waals surface area (Å²) in [6.45, 7) is 1.94. The zero-order valence-electron chi connectivity index (χ0n) is 14.0. The number of hydrazone groups is 1. The summed E-state index contributed by atoms with van der Waals surface area (Å²) in [5.74, 6) is -0.584. The molecule has 7 nitrogen and oxygen atoms in total. The Bertz CT molecular complexity index is 1020. The van der Waals surface area contributed by atoms with Crippen LogP contribution in [0.2, 0.25) is 0 Å². The van der Waals surface area contributed by atoms with Crippen molar-refractivity contribution in [3.63, 3.8) is 0 Å². The number of aryl methyl sites for hydroxylation is 1. The van der Waals surface area contributed by atoms with Gasteiger partial charge in [0.05, 0.1) is 16.0 Å². The molecule has 1 N–H and O–H groups in total. The first kappa shape index (κ1) is 18.7. The molecule has 1 aliphatic rings. The molecular weight excluding hydrogens is 386 g/mol. The second-order valence-electron chi connectivity index (χ2n) is 5.59. The number of phenols is 1. The van der Waals surface area contributed by atoms with Gasteiger partial charge < -0.3 is 5.11 Å². The molecule has 0 spiro atoms. The molecule has 2 aromatic carbocycles. The molecule has 0 atom stereocenters. The Kier molecular flexibility index (Phi) is 5.33. The quantitative estimate of drug-likeness (QED) is 0.276. The second kappa shape index (κ2) is 7.68. The molecule has 1 fully saturated rings. The maximum Gasteiger partial charge on any atom is 0.286 e. The molecule has 3 rings (SSSR count). The van der Waals surface area contributed by atoms with Gasteiger partial charge in [-0.1, -0.05) is 36.0 Å². The predicted molar refractivity (Wildman–Crippen MR) is 109 cm³/mol. The van der Waals surface area contributed by atoms with Crippen molar-refractivity contribution >= 4 is 52.2 Å². The lowest BCUT2D eigenvalue weighted by Crippen LogP contribution is -2.22. The summed E-state index contributed by atoms with van der Waals surface area (Å²) in [7, 11) is 0. The van der Waals surface area contributed by atoms with Crippen molar-refractivity contribution in [1.29, 1.82) is 0 Å². The Morgan fingerprint density at radius 1 is 1.26 bits per heavy atom. The highest BCUT2D eigenvalue weighted by atomic mass is 32.2. The van der Waals surface area contributed by atoms with Crippen molar-refractivity contribution in [2.24, 2.45) is 5.10 Å². The fourth-order valence-corrected chi connectivity index (χ4v) is 3.49. The van der Waals surface area contributed by atoms with E-state index >= 15 is 0 Å². The summed E-state index contributed by atoms with van der Waals surface area (Å²) >= 11 is 6.32. The number of aromatic hydroxyl groups is 1. The number of nitro groups is 1. The summed E-state index contributed by atoms with van der Waals surface area (Å²) in [5.41, 5.74) is 1.84. The van der Waals surface area contributed by atoms with E-state index in [1.807, 2.05) is 31.2 Å². The average molecular weight is 399 g/mol. The number of hydrogen-bond acceptors (Lipinski definition) is 7. The molecule has 1 amide bonds. The van der Waals surface area contributed by atoms with Crippen LogP contribution in [-0.2, 0) is 4.79 Å². The molecule has 1 heterocycles. The van der Waals surface area contributed by atoms with Crippen LogP contribution < -0.4 is 0 Å². The van der Waals surface area contributed by atoms with Gasteiger partial charge in [-0.2, -0.15) is 10.1 Å². The third-order valence-corrected chi connectivity index (χ3v) is 5.07. The molecule has 0 aromatic heterocycles. The zero-order chi connectivity index (χ0) is 19.6. The highest BCUT2D eigenvalue weighted by Gasteiger charge is 2.32. The lowest BCUT2D eigenvalue weighted by Gasteiger charge is -2.06. The minimum Gasteiger partial charge on any atom is -0.507 e. The van der Waals surface area contributed by atoms with Crippen LogP contribution in [0.25, 0.3) is 6.08 Å². The van der Waals surface area contributed by atoms with Crippen molar-refractivity contribution in [2.75, 3.05) is 0 Å². The number of non-ortho nitro benzene ring substituents is 1. The van der Waals surface area contributed by atoms with E-state index in [1.165, 1.54) is 24.4 Å². The summed E-state index contributed by atoms with van der Waals surface area (Å²) < 4.78 is 0.237. The maximum atomic E-state index is 12.6. The Morgan fingerprint density at radius 2 is 2.00 bits per heavy atom. The number of nitrogens with zero attached hydrogens (tertiary/aromatic N) is 3. The van der Waals surface area contributed by atoms with E-state index in [2.05, 4.69) is 5.10 Å². The van der Waals surface area contributed by atoms with Crippen LogP contribution in [0.1, 0.15) is 16.7 Å². The van der Waals surface area contributed by atoms with Crippen molar-refractivity contribution < 1.29 is 14.8 Å². The standard InChI is InChI=1S/C18H13N3O4S2/c1-11-4-2-3-5-12(11)9-16-17(23)20(18(26)27-16)19-10-13-8-14(21(24)25)6-7-15(13)22/h2-10,22H,1H3/b16-9+,19-10+. The van der Waals surface area contributed by atoms with Crippen molar-refractivity contribution in [3.05, 3.63) is 74.2 Å². The highest BCUT2D eigenvalue weighted by molar-refractivity contribution is 8.26. The second-order valence-corrected chi connectivity index (χ2v) is 7.27. The fraction of sp³-hybridized carbons (Fsp3) is 0.0556. The van der Waals surface area contributed by atoms with Crippen LogP contribution in [0.3, 0.4) is 0 Å². The summed E-state index contributed by atoms with van der Waals surface area (Å²) in [5, 5.41) is 25.7. The molecule has 0 aliphatic carbocycles. The first-order valence-corrected chi connectivity index (χ1v) is 8.94. The fourth-order valence-electron chi connectivity index (χ4n) is 2.33. The van der Waals surface area contributed by atoms with E-state index < -0.39 is 10.8 Å². The Balaban J connectivity index is 1.86. The SMILES string of the molecule is Cc1ccccc1/C=C1/SC(=S)N(/N=C/c2cc([N+](=O)[O-])ccc2O)C1=O. The highest BCUT2D eigenvalue weighted by Crippen LogP contribution is 2.33. The van der Waals surface area contributed by atoms with E-state index in [0.717, 1.165) is 27.9 Å². The molecule has 1 saturated heterocycles. The molecular formula is C18H13N3O4S2. The molecule has 9 heteroatoms. The minimum absolute atomic E-state index is 0.112. The molecule has 0 bridgehead atoms. The van der Waals surface area contributed by atoms with Crippen molar-refractivity contribution in [1.82, 2.24) is 5.01 Å². The Hall–Kier alpha value is -3.04. The molecule has 1 aliphatic heterocycles. The number of thioether (sulfide) groups is 1. The molecule has 0 unspecified atom stereocenters. The van der Waals surface area contributed by atoms with Crippen LogP contribution in [0.5, 0.6) is 5.75 Å². The normalized spacial score (nSPS) is 15.9. The van der Waals surface area contributed by atoms with Gasteiger partial charge in [0.15, 0.2) is 4.32 Å². The number of hydrogen-bond donors (Lipinski definition) is 1. The lowest BCUT2D eigenvalue weighted by molar-refractivity contribution is -0.384. The van der Waals surface area contributed by atoms with Crippen LogP contribution in [0.4, 0.5) is 5.69 Å². The van der Waals surface area contributed by atoms with Gasteiger partial charge in [0.1, 0.15) is 5.75 Å². The molecule has 27 heavy (non-hydrogen) atoms. The van der Waals surface area contributed by atoms with Gasteiger partial charge in [-0.3, -0.25) is 14.9 Å². The van der Waals surface area contributed by atoms with E-state index in [0.29, 0.717) is 4.91 Å². The first-order chi connectivity index (χ1) is 12.9. The summed E-state index contributed by atoms with van der Waals surface area (Å²) in [4.78, 5) is 23.3.